The van der Waals surface area contributed by atoms with Crippen LogP contribution in [0.1, 0.15) is 15.9 Å². The quantitative estimate of drug-likeness (QED) is 0.557. The van der Waals surface area contributed by atoms with Crippen LogP contribution in [-0.2, 0) is 6.54 Å². The lowest BCUT2D eigenvalue weighted by atomic mass is 10.2. The van der Waals surface area contributed by atoms with Crippen molar-refractivity contribution in [2.75, 3.05) is 53.5 Å². The van der Waals surface area contributed by atoms with Gasteiger partial charge in [-0.2, -0.15) is 0 Å². The van der Waals surface area contributed by atoms with E-state index in [0.29, 0.717) is 12.1 Å². The molecule has 0 atom stereocenters. The Morgan fingerprint density at radius 2 is 1.52 bits per heavy atom. The van der Waals surface area contributed by atoms with Crippen LogP contribution in [0.15, 0.2) is 46.9 Å². The Morgan fingerprint density at radius 1 is 0.935 bits per heavy atom. The standard InChI is InChI=1S/C22H28BrN3O3.2ClH/c1-28-19-5-3-17(4-6-19)22(27)24-9-10-25-11-13-26(14-12-25)16-18-15-20(29-2)7-8-21(18)23;;/h3-8,15H,9-14,16H2,1-2H3,(H,24,27);2*1H. The molecule has 1 heterocycles. The summed E-state index contributed by atoms with van der Waals surface area (Å²) in [7, 11) is 3.31. The number of nitrogens with one attached hydrogen (secondary N) is 1. The second-order valence-electron chi connectivity index (χ2n) is 7.06. The van der Waals surface area contributed by atoms with Gasteiger partial charge in [-0.3, -0.25) is 14.6 Å². The summed E-state index contributed by atoms with van der Waals surface area (Å²) in [6.07, 6.45) is 0. The first kappa shape index (κ1) is 27.5. The van der Waals surface area contributed by atoms with Crippen LogP contribution in [0.4, 0.5) is 0 Å². The molecule has 1 saturated heterocycles. The fourth-order valence-corrected chi connectivity index (χ4v) is 3.76. The number of carbonyl (C=O) groups is 1. The molecule has 0 saturated carbocycles. The number of piperazine rings is 1. The second-order valence-corrected chi connectivity index (χ2v) is 7.91. The summed E-state index contributed by atoms with van der Waals surface area (Å²) in [6.45, 7) is 6.43. The molecule has 1 aliphatic heterocycles. The van der Waals surface area contributed by atoms with Gasteiger partial charge in [-0.25, -0.2) is 0 Å². The van der Waals surface area contributed by atoms with Crippen LogP contribution in [0.3, 0.4) is 0 Å². The van der Waals surface area contributed by atoms with Crippen molar-refractivity contribution in [1.82, 2.24) is 15.1 Å². The Morgan fingerprint density at radius 3 is 2.13 bits per heavy atom. The van der Waals surface area contributed by atoms with Crippen LogP contribution >= 0.6 is 40.7 Å². The van der Waals surface area contributed by atoms with Crippen molar-refractivity contribution in [1.29, 1.82) is 0 Å². The van der Waals surface area contributed by atoms with Gasteiger partial charge in [-0.1, -0.05) is 15.9 Å². The zero-order valence-electron chi connectivity index (χ0n) is 17.8. The zero-order chi connectivity index (χ0) is 20.6. The average Bonchev–Trinajstić information content (AvgIpc) is 2.76. The van der Waals surface area contributed by atoms with Crippen molar-refractivity contribution in [2.24, 2.45) is 0 Å². The molecule has 6 nitrogen and oxygen atoms in total. The van der Waals surface area contributed by atoms with Crippen molar-refractivity contribution in [3.05, 3.63) is 58.1 Å². The van der Waals surface area contributed by atoms with E-state index >= 15 is 0 Å². The first-order chi connectivity index (χ1) is 14.1. The Labute approximate surface area is 205 Å². The molecule has 172 valence electrons. The Balaban J connectivity index is 0.00000240. The number of methoxy groups -OCH3 is 2. The molecule has 2 aromatic rings. The Hall–Kier alpha value is -1.51. The summed E-state index contributed by atoms with van der Waals surface area (Å²) in [5.74, 6) is 1.59. The highest BCUT2D eigenvalue weighted by molar-refractivity contribution is 9.10. The van der Waals surface area contributed by atoms with Gasteiger partial charge in [0, 0.05) is 55.8 Å². The van der Waals surface area contributed by atoms with Gasteiger partial charge in [0.15, 0.2) is 0 Å². The first-order valence-corrected chi connectivity index (χ1v) is 10.6. The Bertz CT molecular complexity index is 816. The third kappa shape index (κ3) is 8.16. The molecule has 0 spiro atoms. The highest BCUT2D eigenvalue weighted by Crippen LogP contribution is 2.24. The van der Waals surface area contributed by atoms with Gasteiger partial charge in [0.2, 0.25) is 0 Å². The third-order valence-corrected chi connectivity index (χ3v) is 5.95. The predicted octanol–water partition coefficient (Wildman–Crippen LogP) is 3.86. The molecule has 0 aliphatic carbocycles. The van der Waals surface area contributed by atoms with Gasteiger partial charge in [0.1, 0.15) is 11.5 Å². The van der Waals surface area contributed by atoms with Crippen molar-refractivity contribution >= 4 is 46.7 Å². The molecule has 0 aromatic heterocycles. The molecule has 1 amide bonds. The van der Waals surface area contributed by atoms with Crippen molar-refractivity contribution in [2.45, 2.75) is 6.54 Å². The molecule has 3 rings (SSSR count). The van der Waals surface area contributed by atoms with Crippen LogP contribution in [0, 0.1) is 0 Å². The lowest BCUT2D eigenvalue weighted by molar-refractivity contribution is 0.0934. The number of amides is 1. The van der Waals surface area contributed by atoms with E-state index in [1.807, 2.05) is 12.1 Å². The predicted molar refractivity (Wildman–Crippen MR) is 132 cm³/mol. The molecular weight excluding hydrogens is 505 g/mol. The van der Waals surface area contributed by atoms with E-state index in [-0.39, 0.29) is 30.7 Å². The van der Waals surface area contributed by atoms with Crippen molar-refractivity contribution in [3.8, 4) is 11.5 Å². The summed E-state index contributed by atoms with van der Waals surface area (Å²) in [5.41, 5.74) is 1.89. The minimum absolute atomic E-state index is 0. The molecule has 9 heteroatoms. The zero-order valence-corrected chi connectivity index (χ0v) is 21.0. The smallest absolute Gasteiger partial charge is 0.251 e. The van der Waals surface area contributed by atoms with Crippen molar-refractivity contribution < 1.29 is 14.3 Å². The van der Waals surface area contributed by atoms with E-state index in [0.717, 1.165) is 55.2 Å². The fourth-order valence-electron chi connectivity index (χ4n) is 3.38. The summed E-state index contributed by atoms with van der Waals surface area (Å²) < 4.78 is 11.6. The maximum atomic E-state index is 12.2. The summed E-state index contributed by atoms with van der Waals surface area (Å²) in [6, 6.07) is 13.3. The minimum Gasteiger partial charge on any atom is -0.497 e. The normalized spacial score (nSPS) is 14.2. The van der Waals surface area contributed by atoms with E-state index in [2.05, 4.69) is 37.1 Å². The van der Waals surface area contributed by atoms with Crippen LogP contribution in [0.2, 0.25) is 0 Å². The number of rotatable bonds is 8. The lowest BCUT2D eigenvalue weighted by Crippen LogP contribution is -2.48. The monoisotopic (exact) mass is 533 g/mol. The van der Waals surface area contributed by atoms with E-state index in [4.69, 9.17) is 9.47 Å². The second kappa shape index (κ2) is 13.8. The molecule has 1 aliphatic rings. The molecule has 31 heavy (non-hydrogen) atoms. The van der Waals surface area contributed by atoms with Crippen LogP contribution in [0.5, 0.6) is 11.5 Å². The molecule has 2 aromatic carbocycles. The molecule has 1 N–H and O–H groups in total. The largest absolute Gasteiger partial charge is 0.497 e. The number of benzene rings is 2. The van der Waals surface area contributed by atoms with E-state index in [1.54, 1.807) is 38.5 Å². The third-order valence-electron chi connectivity index (χ3n) is 5.18. The minimum atomic E-state index is -0.0471. The van der Waals surface area contributed by atoms with Gasteiger partial charge in [0.05, 0.1) is 14.2 Å². The van der Waals surface area contributed by atoms with E-state index < -0.39 is 0 Å². The molecule has 1 fully saturated rings. The van der Waals surface area contributed by atoms with Gasteiger partial charge < -0.3 is 14.8 Å². The number of ether oxygens (including phenoxy) is 2. The Kier molecular flexibility index (Phi) is 12.3. The SMILES string of the molecule is COc1ccc(C(=O)NCCN2CCN(Cc3cc(OC)ccc3Br)CC2)cc1.Cl.Cl. The number of halogens is 3. The van der Waals surface area contributed by atoms with E-state index in [9.17, 15) is 4.79 Å². The molecule has 0 bridgehead atoms. The van der Waals surface area contributed by atoms with Gasteiger partial charge in [0.25, 0.3) is 5.91 Å². The number of carbonyl (C=O) groups excluding carboxylic acids is 1. The van der Waals surface area contributed by atoms with Crippen LogP contribution in [0.25, 0.3) is 0 Å². The molecule has 0 unspecified atom stereocenters. The first-order valence-electron chi connectivity index (χ1n) is 9.78. The van der Waals surface area contributed by atoms with Crippen LogP contribution < -0.4 is 14.8 Å². The molecular formula is C22H30BrCl2N3O3. The number of nitrogens with zero attached hydrogens (tertiary/aromatic N) is 2. The van der Waals surface area contributed by atoms with Gasteiger partial charge in [-0.05, 0) is 48.0 Å². The fraction of sp³-hybridized carbons (Fsp3) is 0.409. The number of hydrogen-bond acceptors (Lipinski definition) is 5. The highest BCUT2D eigenvalue weighted by atomic mass is 79.9. The van der Waals surface area contributed by atoms with E-state index in [1.165, 1.54) is 5.56 Å². The van der Waals surface area contributed by atoms with Gasteiger partial charge >= 0.3 is 0 Å². The average molecular weight is 535 g/mol. The van der Waals surface area contributed by atoms with Crippen LogP contribution in [-0.4, -0.2) is 69.2 Å². The maximum absolute atomic E-state index is 12.2. The molecule has 0 radical (unpaired) electrons. The summed E-state index contributed by atoms with van der Waals surface area (Å²) in [4.78, 5) is 17.1. The van der Waals surface area contributed by atoms with Crippen molar-refractivity contribution in [3.63, 3.8) is 0 Å². The number of hydrogen-bond donors (Lipinski definition) is 1. The van der Waals surface area contributed by atoms with Gasteiger partial charge in [-0.15, -0.1) is 24.8 Å². The summed E-state index contributed by atoms with van der Waals surface area (Å²) in [5, 5.41) is 3.00. The summed E-state index contributed by atoms with van der Waals surface area (Å²) >= 11 is 3.63. The highest BCUT2D eigenvalue weighted by Gasteiger charge is 2.18. The maximum Gasteiger partial charge on any atom is 0.251 e. The topological polar surface area (TPSA) is 54.0 Å². The lowest BCUT2D eigenvalue weighted by Gasteiger charge is -2.34.